The van der Waals surface area contributed by atoms with Crippen molar-refractivity contribution in [2.45, 2.75) is 27.3 Å². The van der Waals surface area contributed by atoms with Crippen LogP contribution in [0.2, 0.25) is 5.02 Å². The van der Waals surface area contributed by atoms with Crippen molar-refractivity contribution in [3.63, 3.8) is 0 Å². The van der Waals surface area contributed by atoms with Crippen LogP contribution < -0.4 is 4.80 Å². The van der Waals surface area contributed by atoms with E-state index in [9.17, 15) is 9.59 Å². The van der Waals surface area contributed by atoms with Crippen molar-refractivity contribution in [1.29, 1.82) is 0 Å². The summed E-state index contributed by atoms with van der Waals surface area (Å²) < 4.78 is 7.59. The molecule has 0 atom stereocenters. The summed E-state index contributed by atoms with van der Waals surface area (Å²) in [5, 5.41) is 0.583. The van der Waals surface area contributed by atoms with Crippen molar-refractivity contribution < 1.29 is 14.3 Å². The van der Waals surface area contributed by atoms with Gasteiger partial charge < -0.3 is 9.30 Å². The number of ether oxygens (including phenoxy) is 1. The number of hydrogen-bond donors (Lipinski definition) is 0. The molecule has 0 aliphatic carbocycles. The predicted octanol–water partition coefficient (Wildman–Crippen LogP) is 4.28. The normalized spacial score (nSPS) is 11.8. The van der Waals surface area contributed by atoms with Gasteiger partial charge in [-0.25, -0.2) is 0 Å². The lowest BCUT2D eigenvalue weighted by Gasteiger charge is -2.05. The number of hydrogen-bond acceptors (Lipinski definition) is 4. The number of carbonyl (C=O) groups is 2. The summed E-state index contributed by atoms with van der Waals surface area (Å²) >= 11 is 7.39. The third kappa shape index (κ3) is 4.46. The summed E-state index contributed by atoms with van der Waals surface area (Å²) in [7, 11) is 0. The second-order valence-electron chi connectivity index (χ2n) is 6.18. The lowest BCUT2D eigenvalue weighted by Crippen LogP contribution is -2.23. The van der Waals surface area contributed by atoms with Crippen LogP contribution in [0.25, 0.3) is 10.2 Å². The summed E-state index contributed by atoms with van der Waals surface area (Å²) in [6.45, 7) is 5.90. The molecular formula is C20H19ClN2O3S. The van der Waals surface area contributed by atoms with Gasteiger partial charge in [0.2, 0.25) is 0 Å². The fraction of sp³-hybridized carbons (Fsp3) is 0.250. The van der Waals surface area contributed by atoms with Crippen molar-refractivity contribution in [3.05, 3.63) is 62.9 Å². The Morgan fingerprint density at radius 1 is 1.15 bits per heavy atom. The minimum atomic E-state index is -0.382. The number of aromatic nitrogens is 1. The van der Waals surface area contributed by atoms with Crippen LogP contribution in [0, 0.1) is 13.8 Å². The van der Waals surface area contributed by atoms with Gasteiger partial charge in [0.25, 0.3) is 5.91 Å². The molecule has 5 nitrogen and oxygen atoms in total. The molecule has 7 heteroatoms. The first-order valence-electron chi connectivity index (χ1n) is 8.49. The Labute approximate surface area is 165 Å². The zero-order chi connectivity index (χ0) is 19.6. The highest BCUT2D eigenvalue weighted by molar-refractivity contribution is 7.16. The Bertz CT molecular complexity index is 1080. The number of fused-ring (bicyclic) bond motifs is 1. The molecule has 27 heavy (non-hydrogen) atoms. The second kappa shape index (κ2) is 8.06. The van der Waals surface area contributed by atoms with Crippen molar-refractivity contribution in [2.75, 3.05) is 6.61 Å². The van der Waals surface area contributed by atoms with Crippen LogP contribution in [0.3, 0.4) is 0 Å². The first-order valence-corrected chi connectivity index (χ1v) is 9.68. The van der Waals surface area contributed by atoms with E-state index in [1.165, 1.54) is 11.3 Å². The first kappa shape index (κ1) is 19.3. The average Bonchev–Trinajstić information content (AvgIpc) is 2.90. The van der Waals surface area contributed by atoms with E-state index in [1.807, 2.05) is 26.0 Å². The maximum absolute atomic E-state index is 12.7. The largest absolute Gasteiger partial charge is 0.465 e. The van der Waals surface area contributed by atoms with Gasteiger partial charge in [0.1, 0.15) is 6.54 Å². The minimum absolute atomic E-state index is 0.0194. The SMILES string of the molecule is CCOC(=O)Cn1c(=NC(=O)c2cc(C)cc(C)c2)sc2cc(Cl)ccc21. The lowest BCUT2D eigenvalue weighted by molar-refractivity contribution is -0.143. The molecule has 1 heterocycles. The molecule has 0 unspecified atom stereocenters. The molecule has 0 spiro atoms. The molecule has 0 N–H and O–H groups in total. The number of carbonyl (C=O) groups excluding carboxylic acids is 2. The van der Waals surface area contributed by atoms with Crippen molar-refractivity contribution in [1.82, 2.24) is 4.57 Å². The molecule has 1 aromatic heterocycles. The molecule has 0 fully saturated rings. The summed E-state index contributed by atoms with van der Waals surface area (Å²) in [4.78, 5) is 29.5. The van der Waals surface area contributed by atoms with Crippen LogP contribution in [0.4, 0.5) is 0 Å². The molecule has 140 valence electrons. The molecule has 2 aromatic carbocycles. The van der Waals surface area contributed by atoms with E-state index < -0.39 is 0 Å². The first-order chi connectivity index (χ1) is 12.9. The third-order valence-corrected chi connectivity index (χ3v) is 5.18. The van der Waals surface area contributed by atoms with Gasteiger partial charge in [0.05, 0.1) is 16.8 Å². The number of amides is 1. The summed E-state index contributed by atoms with van der Waals surface area (Å²) in [6, 6.07) is 11.0. The van der Waals surface area contributed by atoms with Gasteiger partial charge in [-0.2, -0.15) is 4.99 Å². The second-order valence-corrected chi connectivity index (χ2v) is 7.63. The van der Waals surface area contributed by atoms with Crippen molar-refractivity contribution in [2.24, 2.45) is 4.99 Å². The Balaban J connectivity index is 2.12. The molecule has 0 aliphatic heterocycles. The van der Waals surface area contributed by atoms with Crippen LogP contribution in [0.15, 0.2) is 41.4 Å². The van der Waals surface area contributed by atoms with E-state index in [2.05, 4.69) is 4.99 Å². The number of esters is 1. The fourth-order valence-corrected chi connectivity index (χ4v) is 4.17. The van der Waals surface area contributed by atoms with Gasteiger partial charge in [-0.15, -0.1) is 0 Å². The number of aryl methyl sites for hydroxylation is 2. The van der Waals surface area contributed by atoms with Crippen LogP contribution >= 0.6 is 22.9 Å². The van der Waals surface area contributed by atoms with Gasteiger partial charge in [-0.3, -0.25) is 9.59 Å². The van der Waals surface area contributed by atoms with E-state index in [0.717, 1.165) is 21.3 Å². The molecule has 3 rings (SSSR count). The average molecular weight is 403 g/mol. The fourth-order valence-electron chi connectivity index (χ4n) is 2.87. The number of rotatable bonds is 4. The Kier molecular flexibility index (Phi) is 5.77. The van der Waals surface area contributed by atoms with Crippen LogP contribution in [0.1, 0.15) is 28.4 Å². The van der Waals surface area contributed by atoms with Crippen LogP contribution in [0.5, 0.6) is 0 Å². The molecular weight excluding hydrogens is 384 g/mol. The zero-order valence-electron chi connectivity index (χ0n) is 15.3. The van der Waals surface area contributed by atoms with Gasteiger partial charge in [-0.05, 0) is 51.1 Å². The van der Waals surface area contributed by atoms with Crippen LogP contribution in [-0.2, 0) is 16.1 Å². The number of thiazole rings is 1. The number of halogens is 1. The quantitative estimate of drug-likeness (QED) is 0.612. The minimum Gasteiger partial charge on any atom is -0.465 e. The number of benzene rings is 2. The van der Waals surface area contributed by atoms with Crippen molar-refractivity contribution >= 4 is 45.0 Å². The molecule has 0 saturated carbocycles. The zero-order valence-corrected chi connectivity index (χ0v) is 16.9. The van der Waals surface area contributed by atoms with E-state index in [0.29, 0.717) is 22.0 Å². The topological polar surface area (TPSA) is 60.7 Å². The smallest absolute Gasteiger partial charge is 0.326 e. The predicted molar refractivity (Wildman–Crippen MR) is 107 cm³/mol. The highest BCUT2D eigenvalue weighted by Gasteiger charge is 2.13. The Hall–Kier alpha value is -2.44. The number of nitrogens with zero attached hydrogens (tertiary/aromatic N) is 2. The van der Waals surface area contributed by atoms with E-state index >= 15 is 0 Å². The van der Waals surface area contributed by atoms with E-state index in [4.69, 9.17) is 16.3 Å². The molecule has 0 bridgehead atoms. The summed E-state index contributed by atoms with van der Waals surface area (Å²) in [5.74, 6) is -0.732. The Morgan fingerprint density at radius 3 is 2.52 bits per heavy atom. The van der Waals surface area contributed by atoms with E-state index in [1.54, 1.807) is 35.8 Å². The maximum Gasteiger partial charge on any atom is 0.326 e. The Morgan fingerprint density at radius 2 is 1.85 bits per heavy atom. The lowest BCUT2D eigenvalue weighted by atomic mass is 10.1. The molecule has 3 aromatic rings. The van der Waals surface area contributed by atoms with Crippen molar-refractivity contribution in [3.8, 4) is 0 Å². The van der Waals surface area contributed by atoms with Gasteiger partial charge >= 0.3 is 5.97 Å². The standard InChI is InChI=1S/C20H19ClN2O3S/c1-4-26-18(24)11-23-16-6-5-15(21)10-17(16)27-20(23)22-19(25)14-8-12(2)7-13(3)9-14/h5-10H,4,11H2,1-3H3. The molecule has 1 amide bonds. The summed E-state index contributed by atoms with van der Waals surface area (Å²) in [6.07, 6.45) is 0. The van der Waals surface area contributed by atoms with Crippen LogP contribution in [-0.4, -0.2) is 23.1 Å². The van der Waals surface area contributed by atoms with Gasteiger partial charge in [0, 0.05) is 10.6 Å². The monoisotopic (exact) mass is 402 g/mol. The maximum atomic E-state index is 12.7. The third-order valence-electron chi connectivity index (χ3n) is 3.90. The van der Waals surface area contributed by atoms with Gasteiger partial charge in [0.15, 0.2) is 4.80 Å². The molecule has 0 saturated heterocycles. The summed E-state index contributed by atoms with van der Waals surface area (Å²) in [5.41, 5.74) is 3.29. The van der Waals surface area contributed by atoms with E-state index in [-0.39, 0.29) is 18.4 Å². The molecule has 0 aliphatic rings. The highest BCUT2D eigenvalue weighted by Crippen LogP contribution is 2.22. The molecule has 0 radical (unpaired) electrons. The van der Waals surface area contributed by atoms with Gasteiger partial charge in [-0.1, -0.05) is 40.1 Å². The highest BCUT2D eigenvalue weighted by atomic mass is 35.5.